The molecule has 160 valence electrons. The first-order valence-electron chi connectivity index (χ1n) is 9.02. The summed E-state index contributed by atoms with van der Waals surface area (Å²) in [6, 6.07) is 3.93. The minimum absolute atomic E-state index is 0.0172. The van der Waals surface area contributed by atoms with E-state index in [0.717, 1.165) is 11.3 Å². The molecular formula is C18H16F4N4O2S2. The fourth-order valence-electron chi connectivity index (χ4n) is 3.15. The summed E-state index contributed by atoms with van der Waals surface area (Å²) < 4.78 is 58.6. The van der Waals surface area contributed by atoms with Crippen LogP contribution in [0.5, 0.6) is 0 Å². The Morgan fingerprint density at radius 2 is 2.23 bits per heavy atom. The smallest absolute Gasteiger partial charge is 0.379 e. The van der Waals surface area contributed by atoms with Crippen molar-refractivity contribution >= 4 is 44.8 Å². The lowest BCUT2D eigenvalue weighted by Crippen LogP contribution is -2.18. The van der Waals surface area contributed by atoms with Gasteiger partial charge < -0.3 is 15.2 Å². The van der Waals surface area contributed by atoms with E-state index < -0.39 is 24.3 Å². The highest BCUT2D eigenvalue weighted by molar-refractivity contribution is 8.00. The Hall–Kier alpha value is -2.34. The number of carbonyl (C=O) groups excluding carboxylic acids is 1. The molecule has 1 fully saturated rings. The van der Waals surface area contributed by atoms with E-state index in [1.54, 1.807) is 25.1 Å². The average Bonchev–Trinajstić information content (AvgIpc) is 3.40. The van der Waals surface area contributed by atoms with Gasteiger partial charge in [0.15, 0.2) is 0 Å². The van der Waals surface area contributed by atoms with Crippen molar-refractivity contribution in [3.05, 3.63) is 24.1 Å². The zero-order valence-corrected chi connectivity index (χ0v) is 17.2. The minimum atomic E-state index is -4.52. The van der Waals surface area contributed by atoms with Crippen LogP contribution in [0.1, 0.15) is 31.7 Å². The lowest BCUT2D eigenvalue weighted by atomic mass is 10.2. The summed E-state index contributed by atoms with van der Waals surface area (Å²) in [7, 11) is 0. The summed E-state index contributed by atoms with van der Waals surface area (Å²) in [5, 5.41) is 9.90. The van der Waals surface area contributed by atoms with Gasteiger partial charge in [-0.15, -0.1) is 11.3 Å². The van der Waals surface area contributed by atoms with Crippen molar-refractivity contribution in [1.29, 1.82) is 0 Å². The molecule has 6 nitrogen and oxygen atoms in total. The van der Waals surface area contributed by atoms with Crippen LogP contribution in [-0.2, 0) is 4.79 Å². The van der Waals surface area contributed by atoms with Gasteiger partial charge in [0.25, 0.3) is 0 Å². The zero-order valence-electron chi connectivity index (χ0n) is 15.5. The number of halogens is 4. The van der Waals surface area contributed by atoms with Crippen LogP contribution in [0.4, 0.5) is 23.2 Å². The molecule has 0 bridgehead atoms. The Morgan fingerprint density at radius 3 is 2.90 bits per heavy atom. The first-order valence-corrected chi connectivity index (χ1v) is 10.7. The predicted octanol–water partition coefficient (Wildman–Crippen LogP) is 5.28. The summed E-state index contributed by atoms with van der Waals surface area (Å²) in [6.45, 7) is 1.01. The molecule has 0 radical (unpaired) electrons. The number of benzene rings is 1. The molecule has 1 aliphatic rings. The first kappa shape index (κ1) is 20.9. The van der Waals surface area contributed by atoms with Gasteiger partial charge in [0.05, 0.1) is 21.3 Å². The zero-order chi connectivity index (χ0) is 21.5. The van der Waals surface area contributed by atoms with Gasteiger partial charge in [0, 0.05) is 16.7 Å². The first-order chi connectivity index (χ1) is 14.2. The largest absolute Gasteiger partial charge is 0.446 e. The molecule has 1 aliphatic heterocycles. The molecule has 2 atom stereocenters. The number of hydrogen-bond donors (Lipinski definition) is 2. The van der Waals surface area contributed by atoms with Gasteiger partial charge in [0.2, 0.25) is 17.6 Å². The highest BCUT2D eigenvalue weighted by Gasteiger charge is 2.35. The number of alkyl halides is 4. The number of amides is 1. The Morgan fingerprint density at radius 1 is 1.43 bits per heavy atom. The Balaban J connectivity index is 1.80. The van der Waals surface area contributed by atoms with Crippen LogP contribution in [-0.4, -0.2) is 34.3 Å². The number of hydrogen-bond acceptors (Lipinski definition) is 7. The molecule has 0 unspecified atom stereocenters. The Bertz CT molecular complexity index is 1080. The lowest BCUT2D eigenvalue weighted by Gasteiger charge is -2.12. The molecule has 30 heavy (non-hydrogen) atoms. The van der Waals surface area contributed by atoms with E-state index in [9.17, 15) is 22.4 Å². The molecule has 3 aromatic rings. The molecule has 2 aromatic heterocycles. The van der Waals surface area contributed by atoms with Crippen LogP contribution in [0, 0.1) is 0 Å². The van der Waals surface area contributed by atoms with E-state index in [1.165, 1.54) is 0 Å². The van der Waals surface area contributed by atoms with E-state index >= 15 is 0 Å². The molecule has 3 heterocycles. The third-order valence-electron chi connectivity index (χ3n) is 4.46. The van der Waals surface area contributed by atoms with Crippen LogP contribution < -0.4 is 10.6 Å². The predicted molar refractivity (Wildman–Crippen MR) is 106 cm³/mol. The second-order valence-electron chi connectivity index (χ2n) is 6.81. The summed E-state index contributed by atoms with van der Waals surface area (Å²) in [5.74, 6) is 0.0249. The van der Waals surface area contributed by atoms with Crippen LogP contribution >= 0.6 is 23.1 Å². The molecule has 1 saturated heterocycles. The van der Waals surface area contributed by atoms with E-state index in [-0.39, 0.29) is 39.2 Å². The van der Waals surface area contributed by atoms with Crippen molar-refractivity contribution in [1.82, 2.24) is 15.5 Å². The van der Waals surface area contributed by atoms with Gasteiger partial charge in [-0.3, -0.25) is 4.79 Å². The molecule has 0 spiro atoms. The van der Waals surface area contributed by atoms with Gasteiger partial charge >= 0.3 is 5.51 Å². The summed E-state index contributed by atoms with van der Waals surface area (Å²) in [4.78, 5) is 15.8. The molecule has 0 saturated carbocycles. The highest BCUT2D eigenvalue weighted by Crippen LogP contribution is 2.50. The monoisotopic (exact) mass is 460 g/mol. The van der Waals surface area contributed by atoms with Crippen LogP contribution in [0.2, 0.25) is 0 Å². The Labute approximate surface area is 176 Å². The molecule has 12 heteroatoms. The van der Waals surface area contributed by atoms with Crippen molar-refractivity contribution < 1.29 is 26.9 Å². The quantitative estimate of drug-likeness (QED) is 0.385. The topological polar surface area (TPSA) is 80.0 Å². The number of thiophene rings is 1. The van der Waals surface area contributed by atoms with Crippen molar-refractivity contribution in [2.45, 2.75) is 42.3 Å². The number of aromatic nitrogens is 2. The molecule has 0 aliphatic carbocycles. The summed E-state index contributed by atoms with van der Waals surface area (Å²) in [6.07, 6.45) is 0.800. The summed E-state index contributed by atoms with van der Waals surface area (Å²) in [5.41, 5.74) is -3.99. The number of fused-ring (bicyclic) bond motifs is 1. The SMILES string of the molecule is C[C@H](CF)Nc1cccc2c(SC(F)(F)F)c(-c3noc([C@H]4CCC(=O)N4)n3)sc12. The maximum Gasteiger partial charge on any atom is 0.446 e. The lowest BCUT2D eigenvalue weighted by molar-refractivity contribution is -0.119. The van der Waals surface area contributed by atoms with Gasteiger partial charge in [-0.2, -0.15) is 18.2 Å². The number of rotatable bonds is 6. The van der Waals surface area contributed by atoms with Crippen LogP contribution in [0.15, 0.2) is 27.6 Å². The van der Waals surface area contributed by atoms with Crippen molar-refractivity contribution in [2.24, 2.45) is 0 Å². The van der Waals surface area contributed by atoms with E-state index in [4.69, 9.17) is 4.52 Å². The maximum atomic E-state index is 13.3. The number of carbonyl (C=O) groups is 1. The van der Waals surface area contributed by atoms with Gasteiger partial charge in [-0.25, -0.2) is 4.39 Å². The highest BCUT2D eigenvalue weighted by atomic mass is 32.2. The Kier molecular flexibility index (Phi) is 5.62. The fraction of sp³-hybridized carbons (Fsp3) is 0.389. The number of nitrogens with zero attached hydrogens (tertiary/aromatic N) is 2. The third kappa shape index (κ3) is 4.24. The van der Waals surface area contributed by atoms with E-state index in [1.807, 2.05) is 0 Å². The second kappa shape index (κ2) is 8.06. The molecule has 1 amide bonds. The second-order valence-corrected chi connectivity index (χ2v) is 8.90. The van der Waals surface area contributed by atoms with Crippen LogP contribution in [0.3, 0.4) is 0 Å². The van der Waals surface area contributed by atoms with Gasteiger partial charge in [0.1, 0.15) is 12.7 Å². The van der Waals surface area contributed by atoms with Gasteiger partial charge in [-0.05, 0) is 31.2 Å². The third-order valence-corrected chi connectivity index (χ3v) is 6.68. The van der Waals surface area contributed by atoms with Crippen molar-refractivity contribution in [3.8, 4) is 10.7 Å². The standard InChI is InChI=1S/C18H16F4N4O2S2/c1-8(7-19)23-10-4-2-3-9-13(10)29-15(14(9)30-18(20,21)22)16-25-17(28-26-16)11-5-6-12(27)24-11/h2-4,8,11,23H,5-7H2,1H3,(H,24,27)/t8-,11-/m1/s1. The van der Waals surface area contributed by atoms with E-state index in [0.29, 0.717) is 28.6 Å². The van der Waals surface area contributed by atoms with Crippen molar-refractivity contribution in [3.63, 3.8) is 0 Å². The molecule has 2 N–H and O–H groups in total. The normalized spacial score (nSPS) is 18.0. The average molecular weight is 460 g/mol. The number of anilines is 1. The number of thioether (sulfide) groups is 1. The molecule has 1 aromatic carbocycles. The van der Waals surface area contributed by atoms with E-state index in [2.05, 4.69) is 20.8 Å². The van der Waals surface area contributed by atoms with Crippen LogP contribution in [0.25, 0.3) is 20.8 Å². The molecule has 4 rings (SSSR count). The van der Waals surface area contributed by atoms with Crippen molar-refractivity contribution in [2.75, 3.05) is 12.0 Å². The molecular weight excluding hydrogens is 444 g/mol. The number of nitrogens with one attached hydrogen (secondary N) is 2. The minimum Gasteiger partial charge on any atom is -0.379 e. The summed E-state index contributed by atoms with van der Waals surface area (Å²) >= 11 is 0.826. The maximum absolute atomic E-state index is 13.3. The fourth-order valence-corrected chi connectivity index (χ4v) is 5.25. The van der Waals surface area contributed by atoms with Gasteiger partial charge in [-0.1, -0.05) is 17.3 Å².